The summed E-state index contributed by atoms with van der Waals surface area (Å²) in [6.45, 7) is 0.399. The number of rotatable bonds is 6. The number of nitrogens with zero attached hydrogens (tertiary/aromatic N) is 1. The molecule has 0 bridgehead atoms. The van der Waals surface area contributed by atoms with E-state index in [1.54, 1.807) is 37.3 Å². The first-order chi connectivity index (χ1) is 15.5. The quantitative estimate of drug-likeness (QED) is 0.694. The van der Waals surface area contributed by atoms with Crippen LogP contribution in [0.5, 0.6) is 11.5 Å². The number of benzene rings is 2. The molecule has 2 aromatic carbocycles. The lowest BCUT2D eigenvalue weighted by molar-refractivity contribution is -0.122. The summed E-state index contributed by atoms with van der Waals surface area (Å²) in [5.74, 6) is 0.924. The predicted molar refractivity (Wildman–Crippen MR) is 123 cm³/mol. The van der Waals surface area contributed by atoms with Crippen LogP contribution in [0.15, 0.2) is 36.4 Å². The maximum atomic E-state index is 13.4. The van der Waals surface area contributed by atoms with E-state index in [4.69, 9.17) is 9.47 Å². The molecule has 32 heavy (non-hydrogen) atoms. The van der Waals surface area contributed by atoms with Crippen molar-refractivity contribution < 1.29 is 23.9 Å². The van der Waals surface area contributed by atoms with Gasteiger partial charge in [0.2, 0.25) is 11.8 Å². The molecule has 3 amide bonds. The van der Waals surface area contributed by atoms with Crippen LogP contribution in [0.1, 0.15) is 16.8 Å². The van der Waals surface area contributed by atoms with Gasteiger partial charge in [0, 0.05) is 18.2 Å². The molecule has 2 aliphatic heterocycles. The Morgan fingerprint density at radius 1 is 1.16 bits per heavy atom. The lowest BCUT2D eigenvalue weighted by Crippen LogP contribution is -2.51. The highest BCUT2D eigenvalue weighted by atomic mass is 32.2. The number of carbonyl (C=O) groups excluding carboxylic acids is 3. The van der Waals surface area contributed by atoms with Gasteiger partial charge in [-0.3, -0.25) is 14.4 Å². The number of thioether (sulfide) groups is 1. The second kappa shape index (κ2) is 9.12. The van der Waals surface area contributed by atoms with Crippen molar-refractivity contribution in [1.82, 2.24) is 10.2 Å². The Labute approximate surface area is 190 Å². The van der Waals surface area contributed by atoms with Gasteiger partial charge in [-0.1, -0.05) is 6.07 Å². The first kappa shape index (κ1) is 22.0. The van der Waals surface area contributed by atoms with E-state index in [9.17, 15) is 14.4 Å². The number of ether oxygens (including phenoxy) is 2. The zero-order valence-corrected chi connectivity index (χ0v) is 19.0. The zero-order chi connectivity index (χ0) is 22.8. The summed E-state index contributed by atoms with van der Waals surface area (Å²) in [5.41, 5.74) is 2.46. The third kappa shape index (κ3) is 4.00. The first-order valence-electron chi connectivity index (χ1n) is 10.2. The molecule has 4 rings (SSSR count). The van der Waals surface area contributed by atoms with Crippen molar-refractivity contribution in [2.24, 2.45) is 0 Å². The van der Waals surface area contributed by atoms with Crippen molar-refractivity contribution in [3.63, 3.8) is 0 Å². The lowest BCUT2D eigenvalue weighted by atomic mass is 10.00. The summed E-state index contributed by atoms with van der Waals surface area (Å²) in [6.07, 6.45) is 2.37. The molecule has 0 aliphatic carbocycles. The highest BCUT2D eigenvalue weighted by Crippen LogP contribution is 2.37. The molecule has 168 valence electrons. The van der Waals surface area contributed by atoms with Gasteiger partial charge in [0.1, 0.15) is 17.5 Å². The molecule has 0 aromatic heterocycles. The van der Waals surface area contributed by atoms with Crippen LogP contribution in [-0.2, 0) is 9.59 Å². The summed E-state index contributed by atoms with van der Waals surface area (Å²) in [4.78, 5) is 40.1. The van der Waals surface area contributed by atoms with Gasteiger partial charge in [0.05, 0.1) is 37.3 Å². The Bertz CT molecular complexity index is 1070. The molecule has 0 spiro atoms. The fourth-order valence-corrected chi connectivity index (χ4v) is 4.62. The smallest absolute Gasteiger partial charge is 0.256 e. The van der Waals surface area contributed by atoms with Crippen molar-refractivity contribution in [2.75, 3.05) is 38.1 Å². The number of carbonyl (C=O) groups is 3. The molecule has 2 aromatic rings. The number of methoxy groups -OCH3 is 2. The molecule has 8 nitrogen and oxygen atoms in total. The summed E-state index contributed by atoms with van der Waals surface area (Å²) >= 11 is 1.41. The van der Waals surface area contributed by atoms with Crippen LogP contribution < -0.4 is 20.1 Å². The number of nitrogens with one attached hydrogen (secondary N) is 2. The van der Waals surface area contributed by atoms with Gasteiger partial charge in [-0.15, -0.1) is 0 Å². The molecule has 2 heterocycles. The Hall–Kier alpha value is -3.20. The fourth-order valence-electron chi connectivity index (χ4n) is 4.27. The molecule has 1 saturated heterocycles. The second-order valence-corrected chi connectivity index (χ2v) is 8.52. The van der Waals surface area contributed by atoms with Crippen LogP contribution in [0.3, 0.4) is 0 Å². The monoisotopic (exact) mass is 455 g/mol. The first-order valence-corrected chi connectivity index (χ1v) is 11.6. The largest absolute Gasteiger partial charge is 0.497 e. The standard InChI is InChI=1S/C23H25N3O5S/c1-30-14-5-6-15(19(11-14)31-2)13-4-7-17-16(10-13)23(29)26-9-8-18(21(26)22(28)25-17)24-20(27)12-32-3/h4-7,10-11,18,21H,8-9,12H2,1-3H3,(H,24,27)(H,25,28)/t18-,21-/m0/s1. The molecular formula is C23H25N3O5S. The van der Waals surface area contributed by atoms with Gasteiger partial charge in [0.15, 0.2) is 0 Å². The molecule has 0 saturated carbocycles. The minimum Gasteiger partial charge on any atom is -0.497 e. The van der Waals surface area contributed by atoms with Crippen LogP contribution >= 0.6 is 11.8 Å². The van der Waals surface area contributed by atoms with E-state index in [0.717, 1.165) is 11.1 Å². The summed E-state index contributed by atoms with van der Waals surface area (Å²) in [7, 11) is 3.16. The Balaban J connectivity index is 1.67. The van der Waals surface area contributed by atoms with Crippen molar-refractivity contribution >= 4 is 35.2 Å². The molecule has 2 atom stereocenters. The van der Waals surface area contributed by atoms with Gasteiger partial charge < -0.3 is 25.0 Å². The number of anilines is 1. The SMILES string of the molecule is COc1ccc(-c2ccc3c(c2)C(=O)N2CC[C@H](NC(=O)CSC)[C@H]2C(=O)N3)c(OC)c1. The summed E-state index contributed by atoms with van der Waals surface area (Å²) in [6, 6.07) is 9.67. The van der Waals surface area contributed by atoms with Crippen molar-refractivity contribution in [3.8, 4) is 22.6 Å². The third-order valence-electron chi connectivity index (χ3n) is 5.78. The van der Waals surface area contributed by atoms with Crippen molar-refractivity contribution in [2.45, 2.75) is 18.5 Å². The van der Waals surface area contributed by atoms with Crippen molar-refractivity contribution in [1.29, 1.82) is 0 Å². The minimum absolute atomic E-state index is 0.139. The van der Waals surface area contributed by atoms with Gasteiger partial charge in [-0.25, -0.2) is 0 Å². The molecule has 0 unspecified atom stereocenters. The normalized spacial score (nSPS) is 19.5. The maximum Gasteiger partial charge on any atom is 0.256 e. The van der Waals surface area contributed by atoms with E-state index in [1.165, 1.54) is 11.8 Å². The highest BCUT2D eigenvalue weighted by Gasteiger charge is 2.45. The maximum absolute atomic E-state index is 13.4. The van der Waals surface area contributed by atoms with E-state index in [2.05, 4.69) is 10.6 Å². The van der Waals surface area contributed by atoms with E-state index in [0.29, 0.717) is 41.5 Å². The molecule has 2 N–H and O–H groups in total. The zero-order valence-electron chi connectivity index (χ0n) is 18.1. The van der Waals surface area contributed by atoms with Gasteiger partial charge in [0.25, 0.3) is 5.91 Å². The van der Waals surface area contributed by atoms with E-state index in [1.807, 2.05) is 24.5 Å². The number of fused-ring (bicyclic) bond motifs is 2. The van der Waals surface area contributed by atoms with Gasteiger partial charge in [-0.2, -0.15) is 11.8 Å². The van der Waals surface area contributed by atoms with E-state index >= 15 is 0 Å². The van der Waals surface area contributed by atoms with E-state index in [-0.39, 0.29) is 17.7 Å². The minimum atomic E-state index is -0.736. The third-order valence-corrected chi connectivity index (χ3v) is 6.33. The fraction of sp³-hybridized carbons (Fsp3) is 0.348. The average Bonchev–Trinajstić information content (AvgIpc) is 3.17. The van der Waals surface area contributed by atoms with Crippen LogP contribution in [0.2, 0.25) is 0 Å². The van der Waals surface area contributed by atoms with Crippen LogP contribution in [0, 0.1) is 0 Å². The number of hydrogen-bond donors (Lipinski definition) is 2. The van der Waals surface area contributed by atoms with E-state index < -0.39 is 12.1 Å². The predicted octanol–water partition coefficient (Wildman–Crippen LogP) is 2.39. The summed E-state index contributed by atoms with van der Waals surface area (Å²) in [5, 5.41) is 5.78. The number of hydrogen-bond acceptors (Lipinski definition) is 6. The van der Waals surface area contributed by atoms with Crippen molar-refractivity contribution in [3.05, 3.63) is 42.0 Å². The topological polar surface area (TPSA) is 97.0 Å². The Kier molecular flexibility index (Phi) is 6.27. The molecular weight excluding hydrogens is 430 g/mol. The van der Waals surface area contributed by atoms with Crippen LogP contribution in [-0.4, -0.2) is 67.5 Å². The van der Waals surface area contributed by atoms with Crippen LogP contribution in [0.25, 0.3) is 11.1 Å². The summed E-state index contributed by atoms with van der Waals surface area (Å²) < 4.78 is 10.8. The Morgan fingerprint density at radius 3 is 2.69 bits per heavy atom. The van der Waals surface area contributed by atoms with Crippen LogP contribution in [0.4, 0.5) is 5.69 Å². The highest BCUT2D eigenvalue weighted by molar-refractivity contribution is 7.99. The van der Waals surface area contributed by atoms with Gasteiger partial charge >= 0.3 is 0 Å². The molecule has 2 aliphatic rings. The average molecular weight is 456 g/mol. The second-order valence-electron chi connectivity index (χ2n) is 7.65. The number of amides is 3. The Morgan fingerprint density at radius 2 is 1.97 bits per heavy atom. The lowest BCUT2D eigenvalue weighted by Gasteiger charge is -2.24. The van der Waals surface area contributed by atoms with Gasteiger partial charge in [-0.05, 0) is 42.5 Å². The molecule has 0 radical (unpaired) electrons. The molecule has 9 heteroatoms. The molecule has 1 fully saturated rings.